The minimum absolute atomic E-state index is 0.0645. The summed E-state index contributed by atoms with van der Waals surface area (Å²) < 4.78 is 0.795. The zero-order valence-electron chi connectivity index (χ0n) is 16.6. The van der Waals surface area contributed by atoms with E-state index in [2.05, 4.69) is 33.1 Å². The summed E-state index contributed by atoms with van der Waals surface area (Å²) in [4.78, 5) is 29.1. The number of carbonyl (C=O) groups excluding carboxylic acids is 2. The Balaban J connectivity index is 1.40. The Morgan fingerprint density at radius 3 is 2.54 bits per heavy atom. The number of amides is 2. The van der Waals surface area contributed by atoms with Gasteiger partial charge < -0.3 is 10.2 Å². The van der Waals surface area contributed by atoms with Crippen molar-refractivity contribution in [1.82, 2.24) is 15.1 Å². The summed E-state index contributed by atoms with van der Waals surface area (Å²) in [7, 11) is 1.94. The van der Waals surface area contributed by atoms with Gasteiger partial charge in [-0.25, -0.2) is 0 Å². The van der Waals surface area contributed by atoms with Gasteiger partial charge in [-0.3, -0.25) is 14.5 Å². The molecule has 1 saturated heterocycles. The summed E-state index contributed by atoms with van der Waals surface area (Å²) >= 11 is 9.38. The van der Waals surface area contributed by atoms with Crippen LogP contribution in [0, 0.1) is 5.92 Å². The second-order valence-corrected chi connectivity index (χ2v) is 9.74. The Kier molecular flexibility index (Phi) is 7.05. The average molecular weight is 471 g/mol. The fourth-order valence-corrected chi connectivity index (χ4v) is 4.86. The van der Waals surface area contributed by atoms with Gasteiger partial charge in [0.1, 0.15) is 0 Å². The third-order valence-corrected chi connectivity index (χ3v) is 7.03. The molecule has 154 valence electrons. The van der Waals surface area contributed by atoms with E-state index in [-0.39, 0.29) is 17.4 Å². The lowest BCUT2D eigenvalue weighted by Crippen LogP contribution is -2.55. The lowest BCUT2D eigenvalue weighted by atomic mass is 9.77. The molecule has 1 aliphatic heterocycles. The SMILES string of the molecule is CN(C(=O)CN1CCC(CNC(=O)c2cc(Cl)cc(Br)c2)CC1)C1(C)CCC1. The van der Waals surface area contributed by atoms with Gasteiger partial charge in [0, 0.05) is 34.2 Å². The Morgan fingerprint density at radius 2 is 1.96 bits per heavy atom. The third-order valence-electron chi connectivity index (χ3n) is 6.36. The van der Waals surface area contributed by atoms with Crippen molar-refractivity contribution in [2.45, 2.75) is 44.6 Å². The molecule has 0 aromatic heterocycles. The first-order chi connectivity index (χ1) is 13.3. The number of piperidine rings is 1. The number of carbonyl (C=O) groups is 2. The van der Waals surface area contributed by atoms with E-state index in [1.165, 1.54) is 6.42 Å². The lowest BCUT2D eigenvalue weighted by molar-refractivity contribution is -0.139. The van der Waals surface area contributed by atoms with Crippen molar-refractivity contribution in [3.05, 3.63) is 33.3 Å². The maximum absolute atomic E-state index is 12.6. The summed E-state index contributed by atoms with van der Waals surface area (Å²) in [6.45, 7) is 5.14. The zero-order valence-corrected chi connectivity index (χ0v) is 19.0. The van der Waals surface area contributed by atoms with Gasteiger partial charge in [0.2, 0.25) is 5.91 Å². The molecule has 0 radical (unpaired) electrons. The first kappa shape index (κ1) is 21.6. The Hall–Kier alpha value is -1.11. The molecule has 7 heteroatoms. The fraction of sp³-hybridized carbons (Fsp3) is 0.619. The molecular weight excluding hydrogens is 442 g/mol. The standard InChI is InChI=1S/C21H29BrClN3O2/c1-21(6-3-7-21)25(2)19(27)14-26-8-4-15(5-9-26)13-24-20(28)16-10-17(22)12-18(23)11-16/h10-12,15H,3-9,13-14H2,1-2H3,(H,24,28). The van der Waals surface area contributed by atoms with Crippen LogP contribution in [0.1, 0.15) is 49.4 Å². The van der Waals surface area contributed by atoms with Gasteiger partial charge in [-0.05, 0) is 76.2 Å². The van der Waals surface area contributed by atoms with Crippen LogP contribution in [0.4, 0.5) is 0 Å². The van der Waals surface area contributed by atoms with Crippen molar-refractivity contribution < 1.29 is 9.59 Å². The molecular formula is C21H29BrClN3O2. The Morgan fingerprint density at radius 1 is 1.29 bits per heavy atom. The number of hydrogen-bond donors (Lipinski definition) is 1. The molecule has 0 unspecified atom stereocenters. The van der Waals surface area contributed by atoms with Crippen LogP contribution >= 0.6 is 27.5 Å². The molecule has 1 aliphatic carbocycles. The highest BCUT2D eigenvalue weighted by Gasteiger charge is 2.38. The second-order valence-electron chi connectivity index (χ2n) is 8.39. The number of hydrogen-bond acceptors (Lipinski definition) is 3. The van der Waals surface area contributed by atoms with Gasteiger partial charge in [-0.15, -0.1) is 0 Å². The van der Waals surface area contributed by atoms with Crippen LogP contribution in [0.2, 0.25) is 5.02 Å². The third kappa shape index (κ3) is 5.28. The largest absolute Gasteiger partial charge is 0.352 e. The molecule has 1 saturated carbocycles. The van der Waals surface area contributed by atoms with Gasteiger partial charge in [0.05, 0.1) is 6.54 Å². The lowest BCUT2D eigenvalue weighted by Gasteiger charge is -2.46. The van der Waals surface area contributed by atoms with E-state index in [9.17, 15) is 9.59 Å². The first-order valence-corrected chi connectivity index (χ1v) is 11.2. The molecule has 28 heavy (non-hydrogen) atoms. The van der Waals surface area contributed by atoms with Crippen molar-refractivity contribution in [1.29, 1.82) is 0 Å². The first-order valence-electron chi connectivity index (χ1n) is 10.0. The van der Waals surface area contributed by atoms with E-state index in [4.69, 9.17) is 11.6 Å². The fourth-order valence-electron chi connectivity index (χ4n) is 3.99. The van der Waals surface area contributed by atoms with Crippen LogP contribution < -0.4 is 5.32 Å². The molecule has 2 fully saturated rings. The molecule has 2 amide bonds. The number of rotatable bonds is 6. The molecule has 5 nitrogen and oxygen atoms in total. The molecule has 2 aliphatic rings. The van der Waals surface area contributed by atoms with Crippen LogP contribution in [-0.4, -0.2) is 60.4 Å². The molecule has 0 atom stereocenters. The predicted molar refractivity (Wildman–Crippen MR) is 116 cm³/mol. The van der Waals surface area contributed by atoms with E-state index in [0.717, 1.165) is 43.2 Å². The van der Waals surface area contributed by atoms with Gasteiger partial charge in [-0.1, -0.05) is 27.5 Å². The highest BCUT2D eigenvalue weighted by atomic mass is 79.9. The van der Waals surface area contributed by atoms with Crippen molar-refractivity contribution in [3.8, 4) is 0 Å². The van der Waals surface area contributed by atoms with Gasteiger partial charge in [-0.2, -0.15) is 0 Å². The smallest absolute Gasteiger partial charge is 0.251 e. The molecule has 0 bridgehead atoms. The minimum Gasteiger partial charge on any atom is -0.352 e. The number of halogens is 2. The van der Waals surface area contributed by atoms with Crippen molar-refractivity contribution in [2.75, 3.05) is 33.2 Å². The second kappa shape index (κ2) is 9.14. The average Bonchev–Trinajstić information content (AvgIpc) is 2.63. The van der Waals surface area contributed by atoms with Crippen LogP contribution in [0.5, 0.6) is 0 Å². The van der Waals surface area contributed by atoms with E-state index in [1.807, 2.05) is 11.9 Å². The van der Waals surface area contributed by atoms with Crippen LogP contribution in [0.25, 0.3) is 0 Å². The van der Waals surface area contributed by atoms with Crippen LogP contribution in [-0.2, 0) is 4.79 Å². The Bertz CT molecular complexity index is 710. The summed E-state index contributed by atoms with van der Waals surface area (Å²) in [6.07, 6.45) is 5.43. The Labute approximate surface area is 180 Å². The monoisotopic (exact) mass is 469 g/mol. The highest BCUT2D eigenvalue weighted by Crippen LogP contribution is 2.36. The number of nitrogens with one attached hydrogen (secondary N) is 1. The zero-order chi connectivity index (χ0) is 20.3. The highest BCUT2D eigenvalue weighted by molar-refractivity contribution is 9.10. The van der Waals surface area contributed by atoms with Gasteiger partial charge >= 0.3 is 0 Å². The maximum atomic E-state index is 12.6. The molecule has 1 aromatic rings. The predicted octanol–water partition coefficient (Wildman–Crippen LogP) is 3.95. The number of benzene rings is 1. The van der Waals surface area contributed by atoms with Gasteiger partial charge in [0.15, 0.2) is 0 Å². The number of nitrogens with zero attached hydrogens (tertiary/aromatic N) is 2. The molecule has 1 N–H and O–H groups in total. The van der Waals surface area contributed by atoms with Crippen molar-refractivity contribution in [2.24, 2.45) is 5.92 Å². The van der Waals surface area contributed by atoms with E-state index >= 15 is 0 Å². The summed E-state index contributed by atoms with van der Waals surface area (Å²) in [5.74, 6) is 0.566. The minimum atomic E-state index is -0.101. The quantitative estimate of drug-likeness (QED) is 0.685. The van der Waals surface area contributed by atoms with E-state index in [1.54, 1.807) is 18.2 Å². The molecule has 0 spiro atoms. The van der Waals surface area contributed by atoms with Crippen molar-refractivity contribution in [3.63, 3.8) is 0 Å². The summed E-state index contributed by atoms with van der Waals surface area (Å²) in [5, 5.41) is 3.56. The number of likely N-dealkylation sites (N-methyl/N-ethyl adjacent to an activating group) is 1. The van der Waals surface area contributed by atoms with E-state index in [0.29, 0.717) is 29.6 Å². The topological polar surface area (TPSA) is 52.7 Å². The van der Waals surface area contributed by atoms with E-state index < -0.39 is 0 Å². The van der Waals surface area contributed by atoms with Crippen molar-refractivity contribution >= 4 is 39.3 Å². The molecule has 1 heterocycles. The summed E-state index contributed by atoms with van der Waals surface area (Å²) in [6, 6.07) is 5.21. The molecule has 3 rings (SSSR count). The number of likely N-dealkylation sites (tertiary alicyclic amines) is 1. The van der Waals surface area contributed by atoms with Crippen LogP contribution in [0.15, 0.2) is 22.7 Å². The maximum Gasteiger partial charge on any atom is 0.251 e. The van der Waals surface area contributed by atoms with Crippen LogP contribution in [0.3, 0.4) is 0 Å². The summed E-state index contributed by atoms with van der Waals surface area (Å²) in [5.41, 5.74) is 0.629. The van der Waals surface area contributed by atoms with Gasteiger partial charge in [0.25, 0.3) is 5.91 Å². The molecule has 1 aromatic carbocycles. The normalized spacial score (nSPS) is 19.7.